The number of benzene rings is 1. The third-order valence-electron chi connectivity index (χ3n) is 3.34. The molecule has 5 heteroatoms. The van der Waals surface area contributed by atoms with E-state index >= 15 is 0 Å². The fraction of sp³-hybridized carbons (Fsp3) is 0.400. The van der Waals surface area contributed by atoms with Gasteiger partial charge in [-0.05, 0) is 19.1 Å². The van der Waals surface area contributed by atoms with E-state index in [1.807, 2.05) is 22.8 Å². The molecule has 0 aliphatic carbocycles. The third-order valence-corrected chi connectivity index (χ3v) is 3.34. The minimum atomic E-state index is 0.680. The second kappa shape index (κ2) is 5.86. The summed E-state index contributed by atoms with van der Waals surface area (Å²) in [7, 11) is 3.26. The Morgan fingerprint density at radius 3 is 2.10 bits per heavy atom. The Hall–Kier alpha value is -2.17. The van der Waals surface area contributed by atoms with E-state index in [1.165, 1.54) is 0 Å². The van der Waals surface area contributed by atoms with Crippen LogP contribution in [0.5, 0.6) is 11.5 Å². The molecule has 108 valence electrons. The van der Waals surface area contributed by atoms with Crippen LogP contribution in [0.4, 0.5) is 5.82 Å². The summed E-state index contributed by atoms with van der Waals surface area (Å²) in [5.74, 6) is 3.12. The summed E-state index contributed by atoms with van der Waals surface area (Å²) < 4.78 is 12.6. The van der Waals surface area contributed by atoms with Crippen molar-refractivity contribution in [3.63, 3.8) is 0 Å². The lowest BCUT2D eigenvalue weighted by Crippen LogP contribution is -2.04. The van der Waals surface area contributed by atoms with Crippen molar-refractivity contribution in [1.82, 2.24) is 9.55 Å². The molecule has 0 aliphatic rings. The van der Waals surface area contributed by atoms with E-state index < -0.39 is 0 Å². The van der Waals surface area contributed by atoms with E-state index in [0.717, 1.165) is 41.5 Å². The number of ether oxygens (including phenoxy) is 2. The Morgan fingerprint density at radius 1 is 1.10 bits per heavy atom. The topological polar surface area (TPSA) is 62.3 Å². The summed E-state index contributed by atoms with van der Waals surface area (Å²) in [6, 6.07) is 5.67. The van der Waals surface area contributed by atoms with Gasteiger partial charge in [0.2, 0.25) is 0 Å². The Labute approximate surface area is 119 Å². The van der Waals surface area contributed by atoms with Gasteiger partial charge < -0.3 is 19.8 Å². The largest absolute Gasteiger partial charge is 0.497 e. The third kappa shape index (κ3) is 2.43. The molecule has 0 spiro atoms. The number of hydrogen-bond acceptors (Lipinski definition) is 4. The van der Waals surface area contributed by atoms with Crippen LogP contribution >= 0.6 is 0 Å². The quantitative estimate of drug-likeness (QED) is 0.911. The molecule has 0 unspecified atom stereocenters. The molecular formula is C15H21N3O2. The van der Waals surface area contributed by atoms with Gasteiger partial charge >= 0.3 is 0 Å². The fourth-order valence-corrected chi connectivity index (χ4v) is 2.29. The molecule has 0 fully saturated rings. The molecule has 2 N–H and O–H groups in total. The summed E-state index contributed by atoms with van der Waals surface area (Å²) in [4.78, 5) is 4.65. The van der Waals surface area contributed by atoms with Gasteiger partial charge in [0.1, 0.15) is 28.8 Å². The van der Waals surface area contributed by atoms with Gasteiger partial charge in [0.25, 0.3) is 0 Å². The van der Waals surface area contributed by atoms with Crippen LogP contribution in [0.1, 0.15) is 19.7 Å². The van der Waals surface area contributed by atoms with Crippen LogP contribution in [0.15, 0.2) is 18.2 Å². The van der Waals surface area contributed by atoms with Crippen LogP contribution in [-0.2, 0) is 13.0 Å². The number of aryl methyl sites for hydroxylation is 1. The molecule has 20 heavy (non-hydrogen) atoms. The summed E-state index contributed by atoms with van der Waals surface area (Å²) in [5, 5.41) is 0. The van der Waals surface area contributed by atoms with Crippen LogP contribution in [0.3, 0.4) is 0 Å². The minimum absolute atomic E-state index is 0.680. The Kier molecular flexibility index (Phi) is 4.17. The molecule has 5 nitrogen and oxygen atoms in total. The molecule has 0 bridgehead atoms. The number of nitrogens with zero attached hydrogens (tertiary/aromatic N) is 2. The van der Waals surface area contributed by atoms with Crippen molar-refractivity contribution in [1.29, 1.82) is 0 Å². The first-order valence-corrected chi connectivity index (χ1v) is 6.72. The number of nitrogens with two attached hydrogens (primary N) is 1. The summed E-state index contributed by atoms with van der Waals surface area (Å²) in [5.41, 5.74) is 7.91. The predicted molar refractivity (Wildman–Crippen MR) is 80.2 cm³/mol. The lowest BCUT2D eigenvalue weighted by Gasteiger charge is -2.08. The molecule has 0 saturated heterocycles. The van der Waals surface area contributed by atoms with E-state index in [0.29, 0.717) is 5.82 Å². The van der Waals surface area contributed by atoms with E-state index in [2.05, 4.69) is 18.8 Å². The number of hydrogen-bond donors (Lipinski definition) is 1. The summed E-state index contributed by atoms with van der Waals surface area (Å²) in [6.07, 6.45) is 0.846. The highest BCUT2D eigenvalue weighted by molar-refractivity contribution is 5.73. The number of methoxy groups -OCH3 is 2. The zero-order chi connectivity index (χ0) is 14.7. The molecule has 0 aliphatic heterocycles. The van der Waals surface area contributed by atoms with Crippen molar-refractivity contribution in [3.8, 4) is 22.8 Å². The van der Waals surface area contributed by atoms with E-state index in [4.69, 9.17) is 15.2 Å². The van der Waals surface area contributed by atoms with Crippen LogP contribution in [0, 0.1) is 0 Å². The van der Waals surface area contributed by atoms with E-state index in [1.54, 1.807) is 14.2 Å². The zero-order valence-electron chi connectivity index (χ0n) is 12.4. The highest BCUT2D eigenvalue weighted by atomic mass is 16.5. The number of nitrogen functional groups attached to an aromatic ring is 1. The highest BCUT2D eigenvalue weighted by Gasteiger charge is 2.15. The zero-order valence-corrected chi connectivity index (χ0v) is 12.4. The molecule has 2 aromatic rings. The monoisotopic (exact) mass is 275 g/mol. The maximum absolute atomic E-state index is 6.22. The van der Waals surface area contributed by atoms with Crippen LogP contribution in [0.2, 0.25) is 0 Å². The minimum Gasteiger partial charge on any atom is -0.497 e. The van der Waals surface area contributed by atoms with Crippen molar-refractivity contribution in [2.24, 2.45) is 0 Å². The molecule has 0 atom stereocenters. The number of anilines is 1. The van der Waals surface area contributed by atoms with E-state index in [-0.39, 0.29) is 0 Å². The molecule has 1 heterocycles. The summed E-state index contributed by atoms with van der Waals surface area (Å²) >= 11 is 0. The van der Waals surface area contributed by atoms with Crippen molar-refractivity contribution in [2.75, 3.05) is 20.0 Å². The maximum Gasteiger partial charge on any atom is 0.131 e. The van der Waals surface area contributed by atoms with Crippen molar-refractivity contribution >= 4 is 5.82 Å². The molecule has 0 amide bonds. The van der Waals surface area contributed by atoms with Gasteiger partial charge in [-0.25, -0.2) is 4.98 Å². The first-order chi connectivity index (χ1) is 9.64. The molecule has 0 radical (unpaired) electrons. The van der Waals surface area contributed by atoms with Crippen LogP contribution < -0.4 is 15.2 Å². The average molecular weight is 275 g/mol. The van der Waals surface area contributed by atoms with Crippen molar-refractivity contribution in [2.45, 2.75) is 26.8 Å². The fourth-order valence-electron chi connectivity index (χ4n) is 2.29. The number of imidazole rings is 1. The molecular weight excluding hydrogens is 254 g/mol. The number of aromatic nitrogens is 2. The first kappa shape index (κ1) is 14.2. The predicted octanol–water partition coefficient (Wildman–Crippen LogP) is 2.73. The van der Waals surface area contributed by atoms with E-state index in [9.17, 15) is 0 Å². The number of rotatable bonds is 5. The molecule has 2 rings (SSSR count). The van der Waals surface area contributed by atoms with Crippen LogP contribution in [-0.4, -0.2) is 23.8 Å². The Balaban J connectivity index is 2.58. The molecule has 1 aromatic heterocycles. The lowest BCUT2D eigenvalue weighted by atomic mass is 10.1. The van der Waals surface area contributed by atoms with Crippen molar-refractivity contribution < 1.29 is 9.47 Å². The van der Waals surface area contributed by atoms with Gasteiger partial charge in [0, 0.05) is 24.6 Å². The average Bonchev–Trinajstić information content (AvgIpc) is 2.82. The standard InChI is InChI=1S/C15H21N3O2/c1-5-13-17-14(15(16)18(13)6-2)10-7-11(19-3)9-12(8-10)20-4/h7-9H,5-6,16H2,1-4H3. The Bertz CT molecular complexity index is 583. The molecule has 1 aromatic carbocycles. The van der Waals surface area contributed by atoms with Crippen molar-refractivity contribution in [3.05, 3.63) is 24.0 Å². The smallest absolute Gasteiger partial charge is 0.131 e. The SMILES string of the molecule is CCc1nc(-c2cc(OC)cc(OC)c2)c(N)n1CC. The van der Waals surface area contributed by atoms with Gasteiger partial charge in [-0.1, -0.05) is 6.92 Å². The second-order valence-corrected chi connectivity index (χ2v) is 4.46. The highest BCUT2D eigenvalue weighted by Crippen LogP contribution is 2.33. The lowest BCUT2D eigenvalue weighted by molar-refractivity contribution is 0.394. The Morgan fingerprint density at radius 2 is 1.70 bits per heavy atom. The van der Waals surface area contributed by atoms with Gasteiger partial charge in [-0.15, -0.1) is 0 Å². The normalized spacial score (nSPS) is 10.6. The van der Waals surface area contributed by atoms with Gasteiger partial charge in [0.05, 0.1) is 14.2 Å². The van der Waals surface area contributed by atoms with Gasteiger partial charge in [-0.2, -0.15) is 0 Å². The second-order valence-electron chi connectivity index (χ2n) is 4.46. The molecule has 0 saturated carbocycles. The first-order valence-electron chi connectivity index (χ1n) is 6.72. The summed E-state index contributed by atoms with van der Waals surface area (Å²) in [6.45, 7) is 4.94. The van der Waals surface area contributed by atoms with Crippen LogP contribution in [0.25, 0.3) is 11.3 Å². The van der Waals surface area contributed by atoms with Gasteiger partial charge in [0.15, 0.2) is 0 Å². The maximum atomic E-state index is 6.22. The van der Waals surface area contributed by atoms with Gasteiger partial charge in [-0.3, -0.25) is 0 Å².